The smallest absolute Gasteiger partial charge is 0.146 e. The minimum absolute atomic E-state index is 0.117. The topological polar surface area (TPSA) is 20.3 Å². The van der Waals surface area contributed by atoms with Gasteiger partial charge < -0.3 is 4.90 Å². The van der Waals surface area contributed by atoms with Gasteiger partial charge in [0.25, 0.3) is 0 Å². The van der Waals surface area contributed by atoms with Crippen molar-refractivity contribution >= 4 is 28.9 Å². The predicted octanol–water partition coefficient (Wildman–Crippen LogP) is 7.12. The van der Waals surface area contributed by atoms with E-state index in [1.807, 2.05) is 12.1 Å². The van der Waals surface area contributed by atoms with Crippen LogP contribution in [0.1, 0.15) is 37.8 Å². The molecule has 0 spiro atoms. The highest BCUT2D eigenvalue weighted by Crippen LogP contribution is 2.52. The number of carbonyl (C=O) groups is 1. The van der Waals surface area contributed by atoms with Crippen molar-refractivity contribution in [3.8, 4) is 0 Å². The minimum atomic E-state index is -0.117. The average Bonchev–Trinajstić information content (AvgIpc) is 3.02. The van der Waals surface area contributed by atoms with Gasteiger partial charge in [0.2, 0.25) is 0 Å². The van der Waals surface area contributed by atoms with Crippen LogP contribution in [-0.4, -0.2) is 6.29 Å². The van der Waals surface area contributed by atoms with Crippen molar-refractivity contribution in [3.05, 3.63) is 107 Å². The fourth-order valence-corrected chi connectivity index (χ4v) is 4.88. The molecule has 0 radical (unpaired) electrons. The number of fused-ring (bicyclic) bond motifs is 2. The standard InChI is InChI=1S/C28H25NO/c1-28(2)26-17-20(19-30)13-15-24(26)25-16-14-23(18-27(25)28)29(21-9-5-3-6-10-21)22-11-7-4-8-12-22/h3-12,14,16-19H,13,15H2,1-2H3. The van der Waals surface area contributed by atoms with Crippen molar-refractivity contribution in [1.29, 1.82) is 0 Å². The lowest BCUT2D eigenvalue weighted by Gasteiger charge is -2.28. The zero-order valence-corrected chi connectivity index (χ0v) is 17.4. The Morgan fingerprint density at radius 1 is 0.800 bits per heavy atom. The zero-order valence-electron chi connectivity index (χ0n) is 17.4. The van der Waals surface area contributed by atoms with Crippen LogP contribution in [-0.2, 0) is 10.2 Å². The van der Waals surface area contributed by atoms with E-state index >= 15 is 0 Å². The van der Waals surface area contributed by atoms with Crippen LogP contribution in [0.3, 0.4) is 0 Å². The maximum atomic E-state index is 11.4. The van der Waals surface area contributed by atoms with E-state index in [1.54, 1.807) is 0 Å². The summed E-state index contributed by atoms with van der Waals surface area (Å²) in [6.07, 6.45) is 4.91. The molecular formula is C28H25NO. The lowest BCUT2D eigenvalue weighted by Crippen LogP contribution is -2.18. The van der Waals surface area contributed by atoms with Crippen molar-refractivity contribution in [2.24, 2.45) is 0 Å². The molecule has 2 nitrogen and oxygen atoms in total. The molecule has 0 unspecified atom stereocenters. The Kier molecular flexibility index (Phi) is 4.43. The second-order valence-electron chi connectivity index (χ2n) is 8.59. The molecule has 2 aliphatic rings. The number of para-hydroxylation sites is 2. The summed E-state index contributed by atoms with van der Waals surface area (Å²) in [5.74, 6) is 0. The van der Waals surface area contributed by atoms with Gasteiger partial charge in [-0.3, -0.25) is 4.79 Å². The van der Waals surface area contributed by atoms with Gasteiger partial charge in [0, 0.05) is 22.5 Å². The molecule has 30 heavy (non-hydrogen) atoms. The molecule has 0 atom stereocenters. The molecule has 0 saturated carbocycles. The first-order valence-corrected chi connectivity index (χ1v) is 10.5. The number of anilines is 3. The highest BCUT2D eigenvalue weighted by molar-refractivity contribution is 5.89. The van der Waals surface area contributed by atoms with Crippen LogP contribution in [0.15, 0.2) is 96.1 Å². The normalized spacial score (nSPS) is 16.5. The van der Waals surface area contributed by atoms with Crippen molar-refractivity contribution in [2.45, 2.75) is 32.1 Å². The predicted molar refractivity (Wildman–Crippen MR) is 124 cm³/mol. The van der Waals surface area contributed by atoms with Gasteiger partial charge in [-0.15, -0.1) is 0 Å². The number of aldehydes is 1. The Balaban J connectivity index is 1.65. The largest absolute Gasteiger partial charge is 0.310 e. The molecule has 148 valence electrons. The third-order valence-electron chi connectivity index (χ3n) is 6.43. The Labute approximate surface area is 178 Å². The fourth-order valence-electron chi connectivity index (χ4n) is 4.88. The van der Waals surface area contributed by atoms with Crippen molar-refractivity contribution < 1.29 is 4.79 Å². The summed E-state index contributed by atoms with van der Waals surface area (Å²) in [6, 6.07) is 27.8. The van der Waals surface area contributed by atoms with Gasteiger partial charge in [0.05, 0.1) is 0 Å². The van der Waals surface area contributed by atoms with E-state index in [0.29, 0.717) is 0 Å². The zero-order chi connectivity index (χ0) is 20.7. The van der Waals surface area contributed by atoms with Crippen LogP contribution in [0.5, 0.6) is 0 Å². The molecule has 5 rings (SSSR count). The summed E-state index contributed by atoms with van der Waals surface area (Å²) in [5.41, 5.74) is 9.59. The van der Waals surface area contributed by atoms with E-state index in [0.717, 1.165) is 41.8 Å². The molecule has 0 aliphatic heterocycles. The molecule has 0 amide bonds. The maximum Gasteiger partial charge on any atom is 0.146 e. The van der Waals surface area contributed by atoms with Crippen LogP contribution in [0.25, 0.3) is 5.57 Å². The molecule has 0 N–H and O–H groups in total. The number of carbonyl (C=O) groups excluding carboxylic acids is 1. The van der Waals surface area contributed by atoms with Gasteiger partial charge >= 0.3 is 0 Å². The number of hydrogen-bond donors (Lipinski definition) is 0. The molecule has 2 aliphatic carbocycles. The van der Waals surface area contributed by atoms with Crippen molar-refractivity contribution in [2.75, 3.05) is 4.90 Å². The van der Waals surface area contributed by atoms with E-state index in [2.05, 4.69) is 91.6 Å². The van der Waals surface area contributed by atoms with Gasteiger partial charge in [-0.05, 0) is 77.1 Å². The van der Waals surface area contributed by atoms with Crippen LogP contribution < -0.4 is 4.90 Å². The molecule has 0 fully saturated rings. The first kappa shape index (κ1) is 18.6. The highest BCUT2D eigenvalue weighted by atomic mass is 16.1. The Morgan fingerprint density at radius 3 is 2.03 bits per heavy atom. The van der Waals surface area contributed by atoms with E-state index in [1.165, 1.54) is 22.3 Å². The molecule has 0 heterocycles. The minimum Gasteiger partial charge on any atom is -0.310 e. The summed E-state index contributed by atoms with van der Waals surface area (Å²) in [6.45, 7) is 4.55. The van der Waals surface area contributed by atoms with Crippen LogP contribution in [0.2, 0.25) is 0 Å². The average molecular weight is 392 g/mol. The number of hydrogen-bond acceptors (Lipinski definition) is 2. The van der Waals surface area contributed by atoms with Crippen LogP contribution in [0.4, 0.5) is 17.1 Å². The van der Waals surface area contributed by atoms with Gasteiger partial charge in [-0.25, -0.2) is 0 Å². The summed E-state index contributed by atoms with van der Waals surface area (Å²) in [7, 11) is 0. The molecule has 3 aromatic carbocycles. The number of allylic oxidation sites excluding steroid dienone is 4. The van der Waals surface area contributed by atoms with Gasteiger partial charge in [0.15, 0.2) is 0 Å². The second-order valence-corrected chi connectivity index (χ2v) is 8.59. The van der Waals surface area contributed by atoms with E-state index < -0.39 is 0 Å². The monoisotopic (exact) mass is 391 g/mol. The van der Waals surface area contributed by atoms with E-state index in [-0.39, 0.29) is 5.41 Å². The first-order chi connectivity index (χ1) is 14.6. The number of benzene rings is 3. The summed E-state index contributed by atoms with van der Waals surface area (Å²) in [4.78, 5) is 13.7. The Hall–Kier alpha value is -3.39. The summed E-state index contributed by atoms with van der Waals surface area (Å²) >= 11 is 0. The Morgan fingerprint density at radius 2 is 1.43 bits per heavy atom. The second kappa shape index (κ2) is 7.14. The molecule has 0 bridgehead atoms. The number of rotatable bonds is 4. The highest BCUT2D eigenvalue weighted by Gasteiger charge is 2.38. The van der Waals surface area contributed by atoms with Gasteiger partial charge in [0.1, 0.15) is 6.29 Å². The van der Waals surface area contributed by atoms with Gasteiger partial charge in [-0.2, -0.15) is 0 Å². The maximum absolute atomic E-state index is 11.4. The third-order valence-corrected chi connectivity index (χ3v) is 6.43. The van der Waals surface area contributed by atoms with E-state index in [9.17, 15) is 4.79 Å². The molecule has 0 saturated heterocycles. The summed E-state index contributed by atoms with van der Waals surface area (Å²) < 4.78 is 0. The van der Waals surface area contributed by atoms with E-state index in [4.69, 9.17) is 0 Å². The van der Waals surface area contributed by atoms with Crippen molar-refractivity contribution in [3.63, 3.8) is 0 Å². The quantitative estimate of drug-likeness (QED) is 0.441. The van der Waals surface area contributed by atoms with Crippen molar-refractivity contribution in [1.82, 2.24) is 0 Å². The fraction of sp³-hybridized carbons (Fsp3) is 0.179. The third kappa shape index (κ3) is 2.91. The molecule has 0 aromatic heterocycles. The SMILES string of the molecule is CC1(C)C2=C(CCC(C=O)=C2)c2ccc(N(c3ccccc3)c3ccccc3)cc21. The summed E-state index contributed by atoms with van der Waals surface area (Å²) in [5, 5.41) is 0. The lowest BCUT2D eigenvalue weighted by atomic mass is 9.79. The van der Waals surface area contributed by atoms with Crippen LogP contribution >= 0.6 is 0 Å². The van der Waals surface area contributed by atoms with Crippen LogP contribution in [0, 0.1) is 0 Å². The first-order valence-electron chi connectivity index (χ1n) is 10.5. The lowest BCUT2D eigenvalue weighted by molar-refractivity contribution is -0.105. The molecular weight excluding hydrogens is 366 g/mol. The Bertz CT molecular complexity index is 1130. The molecule has 3 aromatic rings. The van der Waals surface area contributed by atoms with Gasteiger partial charge in [-0.1, -0.05) is 62.4 Å². The number of nitrogens with zero attached hydrogens (tertiary/aromatic N) is 1. The molecule has 2 heteroatoms.